The number of benzene rings is 2. The lowest BCUT2D eigenvalue weighted by Crippen LogP contribution is -2.58. The van der Waals surface area contributed by atoms with Crippen LogP contribution in [-0.2, 0) is 37.2 Å². The number of carbonyl (C=O) groups excluding carboxylic acids is 3. The van der Waals surface area contributed by atoms with Crippen LogP contribution in [0.15, 0.2) is 90.1 Å². The number of quaternary nitrogens is 1. The first kappa shape index (κ1) is 31.5. The van der Waals surface area contributed by atoms with Gasteiger partial charge in [0, 0.05) is 29.0 Å². The van der Waals surface area contributed by atoms with Crippen molar-refractivity contribution in [3.05, 3.63) is 96.4 Å². The van der Waals surface area contributed by atoms with Gasteiger partial charge in [0.25, 0.3) is 9.84 Å². The second kappa shape index (κ2) is 11.2. The van der Waals surface area contributed by atoms with Crippen LogP contribution >= 0.6 is 0 Å². The van der Waals surface area contributed by atoms with Crippen molar-refractivity contribution in [1.29, 1.82) is 0 Å². The van der Waals surface area contributed by atoms with Crippen LogP contribution in [0.1, 0.15) is 11.3 Å². The fourth-order valence-corrected chi connectivity index (χ4v) is 5.64. The molecule has 1 saturated heterocycles. The summed E-state index contributed by atoms with van der Waals surface area (Å²) in [5, 5.41) is 0.359. The number of nitrogens with zero attached hydrogens (tertiary/aromatic N) is 4. The van der Waals surface area contributed by atoms with Gasteiger partial charge in [-0.25, -0.2) is 18.0 Å². The molecule has 0 saturated carbocycles. The first-order chi connectivity index (χ1) is 21.1. The molecular formula is C28H19F6N4O6S+. The Kier molecular flexibility index (Phi) is 7.86. The molecule has 17 heteroatoms. The van der Waals surface area contributed by atoms with Gasteiger partial charge in [-0.05, 0) is 53.2 Å². The van der Waals surface area contributed by atoms with Crippen LogP contribution in [-0.4, -0.2) is 58.7 Å². The van der Waals surface area contributed by atoms with Crippen LogP contribution in [0.5, 0.6) is 0 Å². The van der Waals surface area contributed by atoms with Crippen LogP contribution in [0.3, 0.4) is 0 Å². The van der Waals surface area contributed by atoms with E-state index in [1.54, 1.807) is 24.3 Å². The Morgan fingerprint density at radius 2 is 1.53 bits per heavy atom. The second-order valence-electron chi connectivity index (χ2n) is 9.76. The monoisotopic (exact) mass is 653 g/mol. The summed E-state index contributed by atoms with van der Waals surface area (Å²) in [6.07, 6.45) is -3.50. The maximum atomic E-state index is 14.2. The SMILES string of the molecule is O=C1[C@H](Cc2ccccn2)[N+](Cc2ccnc3ccccc23)(OC(=O)C(F)(F)F)C(=O)N1c1ccc(S(=O)(=O)C(F)(F)F)cc1. The Hall–Kier alpha value is -4.90. The largest absolute Gasteiger partial charge is 0.501 e. The topological polar surface area (TPSA) is 124 Å². The summed E-state index contributed by atoms with van der Waals surface area (Å²) in [7, 11) is -5.81. The fraction of sp³-hybridized carbons (Fsp3) is 0.179. The van der Waals surface area contributed by atoms with Crippen molar-refractivity contribution in [1.82, 2.24) is 9.97 Å². The Labute approximate surface area is 249 Å². The van der Waals surface area contributed by atoms with Gasteiger partial charge in [0.2, 0.25) is 6.04 Å². The molecule has 0 aliphatic carbocycles. The number of imide groups is 1. The first-order valence-electron chi connectivity index (χ1n) is 12.8. The summed E-state index contributed by atoms with van der Waals surface area (Å²) in [5.74, 6) is -3.98. The van der Waals surface area contributed by atoms with Gasteiger partial charge in [-0.1, -0.05) is 24.3 Å². The van der Waals surface area contributed by atoms with Crippen LogP contribution in [0, 0.1) is 0 Å². The van der Waals surface area contributed by atoms with E-state index >= 15 is 0 Å². The average Bonchev–Trinajstić information content (AvgIpc) is 3.17. The third kappa shape index (κ3) is 5.71. The number of carbonyl (C=O) groups is 3. The predicted molar refractivity (Wildman–Crippen MR) is 142 cm³/mol. The molecule has 234 valence electrons. The van der Waals surface area contributed by atoms with Crippen LogP contribution in [0.25, 0.3) is 10.9 Å². The number of urea groups is 1. The number of rotatable bonds is 7. The molecule has 0 N–H and O–H groups in total. The van der Waals surface area contributed by atoms with Gasteiger partial charge >= 0.3 is 29.6 Å². The maximum absolute atomic E-state index is 14.2. The summed E-state index contributed by atoms with van der Waals surface area (Å²) in [6.45, 7) is -0.802. The molecule has 5 rings (SSSR count). The van der Waals surface area contributed by atoms with Crippen molar-refractivity contribution in [2.75, 3.05) is 4.90 Å². The van der Waals surface area contributed by atoms with E-state index in [0.29, 0.717) is 40.1 Å². The lowest BCUT2D eigenvalue weighted by atomic mass is 10.1. The number of anilines is 1. The molecule has 3 heterocycles. The van der Waals surface area contributed by atoms with E-state index in [1.807, 2.05) is 0 Å². The van der Waals surface area contributed by atoms with Crippen LogP contribution in [0.4, 0.5) is 36.8 Å². The van der Waals surface area contributed by atoms with E-state index in [1.165, 1.54) is 36.7 Å². The number of pyridine rings is 2. The highest BCUT2D eigenvalue weighted by molar-refractivity contribution is 7.92. The smallest absolute Gasteiger partial charge is 0.267 e. The molecule has 4 aromatic rings. The van der Waals surface area contributed by atoms with Crippen molar-refractivity contribution in [2.24, 2.45) is 0 Å². The molecule has 1 fully saturated rings. The summed E-state index contributed by atoms with van der Waals surface area (Å²) in [6, 6.07) is 11.2. The van der Waals surface area contributed by atoms with Gasteiger partial charge in [0.15, 0.2) is 6.54 Å². The van der Waals surface area contributed by atoms with Crippen LogP contribution < -0.4 is 4.90 Å². The quantitative estimate of drug-likeness (QED) is 0.155. The molecule has 2 aromatic carbocycles. The highest BCUT2D eigenvalue weighted by atomic mass is 32.2. The molecule has 1 aliphatic rings. The number of sulfone groups is 1. The third-order valence-corrected chi connectivity index (χ3v) is 8.49. The molecule has 2 atom stereocenters. The molecule has 0 radical (unpaired) electrons. The van der Waals surface area contributed by atoms with Gasteiger partial charge in [-0.3, -0.25) is 19.6 Å². The number of amides is 3. The standard InChI is InChI=1S/C28H19F6N4O6S/c29-27(30,31)25(40)44-38(16-17-12-14-36-22-7-2-1-6-21(17)22)23(15-18-5-3-4-13-35-18)24(39)37(26(38)41)19-8-10-20(11-9-19)45(42,43)28(32,33)34/h1-14,23H,15-16H2/q+1/t23-,38?/m0/s1. The minimum absolute atomic E-state index is 0.127. The Morgan fingerprint density at radius 3 is 2.16 bits per heavy atom. The molecule has 0 spiro atoms. The van der Waals surface area contributed by atoms with E-state index in [9.17, 15) is 49.1 Å². The Bertz CT molecular complexity index is 1900. The van der Waals surface area contributed by atoms with E-state index in [-0.39, 0.29) is 11.3 Å². The molecule has 3 amide bonds. The van der Waals surface area contributed by atoms with E-state index in [2.05, 4.69) is 9.97 Å². The van der Waals surface area contributed by atoms with E-state index in [4.69, 9.17) is 4.84 Å². The van der Waals surface area contributed by atoms with E-state index in [0.717, 1.165) is 0 Å². The van der Waals surface area contributed by atoms with E-state index < -0.39 is 73.7 Å². The van der Waals surface area contributed by atoms with Gasteiger partial charge in [0.05, 0.1) is 22.5 Å². The predicted octanol–water partition coefficient (Wildman–Crippen LogP) is 5.04. The van der Waals surface area contributed by atoms with Gasteiger partial charge in [0.1, 0.15) is 0 Å². The zero-order valence-electron chi connectivity index (χ0n) is 22.5. The van der Waals surface area contributed by atoms with Crippen molar-refractivity contribution >= 4 is 44.3 Å². The molecule has 10 nitrogen and oxygen atoms in total. The normalized spacial score (nSPS) is 19.2. The minimum atomic E-state index is -5.81. The van der Waals surface area contributed by atoms with Gasteiger partial charge in [-0.15, -0.1) is 0 Å². The maximum Gasteiger partial charge on any atom is 0.501 e. The number of halogens is 6. The molecule has 1 unspecified atom stereocenters. The third-order valence-electron chi connectivity index (χ3n) is 6.98. The van der Waals surface area contributed by atoms with Gasteiger partial charge in [-0.2, -0.15) is 31.2 Å². The minimum Gasteiger partial charge on any atom is -0.267 e. The molecule has 45 heavy (non-hydrogen) atoms. The number of aromatic nitrogens is 2. The highest BCUT2D eigenvalue weighted by Gasteiger charge is 2.67. The number of para-hydroxylation sites is 1. The lowest BCUT2D eigenvalue weighted by molar-refractivity contribution is -1.04. The zero-order chi connectivity index (χ0) is 32.8. The molecule has 0 bridgehead atoms. The molecule has 1 aliphatic heterocycles. The van der Waals surface area contributed by atoms with Crippen molar-refractivity contribution in [2.45, 2.75) is 35.6 Å². The van der Waals surface area contributed by atoms with Crippen molar-refractivity contribution in [3.8, 4) is 0 Å². The highest BCUT2D eigenvalue weighted by Crippen LogP contribution is 2.39. The number of hydrogen-bond acceptors (Lipinski definition) is 8. The molecule has 2 aromatic heterocycles. The second-order valence-corrected chi connectivity index (χ2v) is 11.7. The Balaban J connectivity index is 1.69. The van der Waals surface area contributed by atoms with Crippen molar-refractivity contribution in [3.63, 3.8) is 0 Å². The lowest BCUT2D eigenvalue weighted by Gasteiger charge is -2.31. The summed E-state index contributed by atoms with van der Waals surface area (Å²) in [4.78, 5) is 52.8. The first-order valence-corrected chi connectivity index (χ1v) is 14.3. The zero-order valence-corrected chi connectivity index (χ0v) is 23.3. The fourth-order valence-electron chi connectivity index (χ4n) is 4.88. The number of fused-ring (bicyclic) bond motifs is 1. The summed E-state index contributed by atoms with van der Waals surface area (Å²) >= 11 is 0. The number of hydrogen-bond donors (Lipinski definition) is 0. The molecular weight excluding hydrogens is 634 g/mol. The number of hydroxylamine groups is 3. The number of alkyl halides is 6. The summed E-state index contributed by atoms with van der Waals surface area (Å²) in [5.41, 5.74) is -5.49. The average molecular weight is 654 g/mol. The van der Waals surface area contributed by atoms with Crippen molar-refractivity contribution < 1.29 is 58.6 Å². The van der Waals surface area contributed by atoms with Crippen LogP contribution in [0.2, 0.25) is 0 Å². The Morgan fingerprint density at radius 1 is 0.867 bits per heavy atom. The summed E-state index contributed by atoms with van der Waals surface area (Å²) < 4.78 is 102. The van der Waals surface area contributed by atoms with Gasteiger partial charge < -0.3 is 0 Å².